The molecule has 31 heavy (non-hydrogen) atoms. The average molecular weight is 445 g/mol. The number of rotatable bonds is 10. The summed E-state index contributed by atoms with van der Waals surface area (Å²) in [5.74, 6) is 0.773. The van der Waals surface area contributed by atoms with Crippen molar-refractivity contribution >= 4 is 17.2 Å². The molecule has 3 rings (SSSR count). The van der Waals surface area contributed by atoms with Gasteiger partial charge in [0.15, 0.2) is 11.5 Å². The number of ether oxygens (including phenoxy) is 2. The second-order valence-corrected chi connectivity index (χ2v) is 7.86. The third-order valence-corrected chi connectivity index (χ3v) is 5.59. The highest BCUT2D eigenvalue weighted by Crippen LogP contribution is 2.28. The maximum Gasteiger partial charge on any atom is 0.282 e. The van der Waals surface area contributed by atoms with Crippen LogP contribution in [0.15, 0.2) is 42.5 Å². The van der Waals surface area contributed by atoms with Crippen LogP contribution in [-0.4, -0.2) is 41.8 Å². The van der Waals surface area contributed by atoms with Crippen molar-refractivity contribution in [3.05, 3.63) is 69.4 Å². The largest absolute Gasteiger partial charge is 0.493 e. The number of nitrogens with zero attached hydrogens (tertiary/aromatic N) is 3. The molecule has 1 aromatic heterocycles. The van der Waals surface area contributed by atoms with Crippen molar-refractivity contribution in [3.63, 3.8) is 0 Å². The van der Waals surface area contributed by atoms with Crippen LogP contribution < -0.4 is 14.8 Å². The number of aromatic nitrogens is 2. The van der Waals surface area contributed by atoms with E-state index in [0.717, 1.165) is 22.7 Å². The monoisotopic (exact) mass is 444 g/mol. The second-order valence-electron chi connectivity index (χ2n) is 6.80. The minimum atomic E-state index is -0.308. The van der Waals surface area contributed by atoms with E-state index in [1.54, 1.807) is 26.4 Å². The molecule has 1 amide bonds. The second kappa shape index (κ2) is 10.8. The molecule has 164 valence electrons. The van der Waals surface area contributed by atoms with Gasteiger partial charge < -0.3 is 14.8 Å². The van der Waals surface area contributed by atoms with Gasteiger partial charge in [0.25, 0.3) is 5.91 Å². The zero-order valence-corrected chi connectivity index (χ0v) is 18.5. The molecule has 9 heteroatoms. The molecule has 0 saturated heterocycles. The number of benzene rings is 2. The van der Waals surface area contributed by atoms with Crippen LogP contribution in [0.4, 0.5) is 4.39 Å². The lowest BCUT2D eigenvalue weighted by Crippen LogP contribution is -2.22. The number of nitrogens with one attached hydrogen (secondary N) is 1. The Kier molecular flexibility index (Phi) is 7.91. The topological polar surface area (TPSA) is 76.6 Å². The Morgan fingerprint density at radius 2 is 1.74 bits per heavy atom. The van der Waals surface area contributed by atoms with Gasteiger partial charge in [-0.2, -0.15) is 0 Å². The first kappa shape index (κ1) is 22.6. The van der Waals surface area contributed by atoms with Crippen LogP contribution in [0.3, 0.4) is 0 Å². The van der Waals surface area contributed by atoms with E-state index in [1.807, 2.05) is 18.2 Å². The number of carbonyl (C=O) groups is 1. The van der Waals surface area contributed by atoms with Crippen LogP contribution in [0.25, 0.3) is 0 Å². The Morgan fingerprint density at radius 3 is 2.42 bits per heavy atom. The lowest BCUT2D eigenvalue weighted by Gasteiger charge is -2.19. The highest BCUT2D eigenvalue weighted by atomic mass is 32.1. The summed E-state index contributed by atoms with van der Waals surface area (Å²) in [5, 5.41) is 12.0. The van der Waals surface area contributed by atoms with Gasteiger partial charge in [-0.15, -0.1) is 10.2 Å². The van der Waals surface area contributed by atoms with Gasteiger partial charge in [-0.05, 0) is 41.9 Å². The van der Waals surface area contributed by atoms with E-state index in [4.69, 9.17) is 9.47 Å². The van der Waals surface area contributed by atoms with Gasteiger partial charge in [0.05, 0.1) is 20.8 Å². The molecule has 0 saturated carbocycles. The first-order valence-corrected chi connectivity index (χ1v) is 10.6. The highest BCUT2D eigenvalue weighted by Gasteiger charge is 2.15. The number of carbonyl (C=O) groups excluding carboxylic acids is 1. The Labute approximate surface area is 184 Å². The molecule has 0 aliphatic rings. The van der Waals surface area contributed by atoms with E-state index in [0.29, 0.717) is 36.1 Å². The maximum atomic E-state index is 13.0. The van der Waals surface area contributed by atoms with E-state index in [2.05, 4.69) is 27.3 Å². The van der Waals surface area contributed by atoms with Crippen molar-refractivity contribution in [2.45, 2.75) is 26.6 Å². The molecule has 0 unspecified atom stereocenters. The van der Waals surface area contributed by atoms with Crippen LogP contribution in [-0.2, 0) is 19.6 Å². The third-order valence-electron chi connectivity index (χ3n) is 4.69. The van der Waals surface area contributed by atoms with Crippen LogP contribution >= 0.6 is 11.3 Å². The molecule has 0 fully saturated rings. The fourth-order valence-corrected chi connectivity index (χ4v) is 3.78. The summed E-state index contributed by atoms with van der Waals surface area (Å²) in [6.45, 7) is 4.45. The van der Waals surface area contributed by atoms with Gasteiger partial charge in [-0.1, -0.05) is 36.5 Å². The molecule has 0 aliphatic carbocycles. The van der Waals surface area contributed by atoms with Gasteiger partial charge >= 0.3 is 0 Å². The number of halogens is 1. The summed E-state index contributed by atoms with van der Waals surface area (Å²) in [6, 6.07) is 11.8. The summed E-state index contributed by atoms with van der Waals surface area (Å²) in [7, 11) is 3.22. The summed E-state index contributed by atoms with van der Waals surface area (Å²) in [5.41, 5.74) is 1.90. The number of amides is 1. The van der Waals surface area contributed by atoms with E-state index < -0.39 is 0 Å². The fourth-order valence-electron chi connectivity index (χ4n) is 2.98. The first-order valence-electron chi connectivity index (χ1n) is 9.80. The Balaban J connectivity index is 1.58. The van der Waals surface area contributed by atoms with E-state index >= 15 is 0 Å². The molecule has 3 aromatic rings. The van der Waals surface area contributed by atoms with Gasteiger partial charge in [-0.3, -0.25) is 9.69 Å². The molecule has 0 spiro atoms. The minimum absolute atomic E-state index is 0.295. The molecule has 0 atom stereocenters. The van der Waals surface area contributed by atoms with Gasteiger partial charge in [-0.25, -0.2) is 4.39 Å². The van der Waals surface area contributed by atoms with Crippen LogP contribution in [0.2, 0.25) is 0 Å². The Bertz CT molecular complexity index is 1010. The van der Waals surface area contributed by atoms with Gasteiger partial charge in [0, 0.05) is 13.1 Å². The van der Waals surface area contributed by atoms with Gasteiger partial charge in [0.1, 0.15) is 10.8 Å². The summed E-state index contributed by atoms with van der Waals surface area (Å²) in [4.78, 5) is 14.6. The number of hydrogen-bond donors (Lipinski definition) is 1. The standard InChI is InChI=1S/C22H25FN4O3S/c1-4-27(13-16-7-10-18(29-2)19(11-16)30-3)14-20-25-26-22(31-20)21(28)24-12-15-5-8-17(23)9-6-15/h5-11H,4,12-14H2,1-3H3,(H,24,28). The predicted octanol–water partition coefficient (Wildman–Crippen LogP) is 3.65. The van der Waals surface area contributed by atoms with E-state index in [-0.39, 0.29) is 11.7 Å². The van der Waals surface area contributed by atoms with Crippen molar-refractivity contribution < 1.29 is 18.7 Å². The zero-order chi connectivity index (χ0) is 22.2. The lowest BCUT2D eigenvalue weighted by molar-refractivity contribution is 0.0950. The number of hydrogen-bond acceptors (Lipinski definition) is 7. The van der Waals surface area contributed by atoms with Crippen molar-refractivity contribution in [2.24, 2.45) is 0 Å². The first-order chi connectivity index (χ1) is 15.0. The lowest BCUT2D eigenvalue weighted by atomic mass is 10.2. The highest BCUT2D eigenvalue weighted by molar-refractivity contribution is 7.13. The van der Waals surface area contributed by atoms with Crippen LogP contribution in [0.1, 0.15) is 32.9 Å². The molecule has 1 heterocycles. The average Bonchev–Trinajstić information content (AvgIpc) is 3.26. The molecule has 0 bridgehead atoms. The predicted molar refractivity (Wildman–Crippen MR) is 117 cm³/mol. The van der Waals surface area contributed by atoms with E-state index in [9.17, 15) is 9.18 Å². The van der Waals surface area contributed by atoms with Crippen LogP contribution in [0.5, 0.6) is 11.5 Å². The minimum Gasteiger partial charge on any atom is -0.493 e. The SMILES string of the molecule is CCN(Cc1ccc(OC)c(OC)c1)Cc1nnc(C(=O)NCc2ccc(F)cc2)s1. The van der Waals surface area contributed by atoms with Crippen LogP contribution in [0, 0.1) is 5.82 Å². The molecular weight excluding hydrogens is 419 g/mol. The van der Waals surface area contributed by atoms with Crippen molar-refractivity contribution in [3.8, 4) is 11.5 Å². The van der Waals surface area contributed by atoms with Crippen molar-refractivity contribution in [2.75, 3.05) is 20.8 Å². The van der Waals surface area contributed by atoms with Gasteiger partial charge in [0.2, 0.25) is 5.01 Å². The third kappa shape index (κ3) is 6.22. The smallest absolute Gasteiger partial charge is 0.282 e. The molecule has 0 radical (unpaired) electrons. The van der Waals surface area contributed by atoms with E-state index in [1.165, 1.54) is 23.5 Å². The molecule has 0 aliphatic heterocycles. The van der Waals surface area contributed by atoms with Crippen molar-refractivity contribution in [1.29, 1.82) is 0 Å². The Hall–Kier alpha value is -3.04. The summed E-state index contributed by atoms with van der Waals surface area (Å²) in [6.07, 6.45) is 0. The maximum absolute atomic E-state index is 13.0. The summed E-state index contributed by atoms with van der Waals surface area (Å²) < 4.78 is 23.6. The zero-order valence-electron chi connectivity index (χ0n) is 17.7. The molecular formula is C22H25FN4O3S. The summed E-state index contributed by atoms with van der Waals surface area (Å²) >= 11 is 1.27. The van der Waals surface area contributed by atoms with Crippen molar-refractivity contribution in [1.82, 2.24) is 20.4 Å². The number of methoxy groups -OCH3 is 2. The fraction of sp³-hybridized carbons (Fsp3) is 0.318. The molecule has 2 aromatic carbocycles. The Morgan fingerprint density at radius 1 is 1.03 bits per heavy atom. The normalized spacial score (nSPS) is 10.9. The quantitative estimate of drug-likeness (QED) is 0.515. The molecule has 7 nitrogen and oxygen atoms in total. The molecule has 1 N–H and O–H groups in total.